The van der Waals surface area contributed by atoms with Gasteiger partial charge >= 0.3 is 265 Å². The molecule has 4 N–H and O–H groups in total. The smallest absolute Gasteiger partial charge is 0.465 e. The van der Waals surface area contributed by atoms with E-state index in [2.05, 4.69) is 62.5 Å². The van der Waals surface area contributed by atoms with E-state index in [0.29, 0.717) is 12.6 Å². The first-order valence-corrected chi connectivity index (χ1v) is 23.4. The first-order valence-electron chi connectivity index (χ1n) is 17.9. The number of hydrogen-bond donors (Lipinski definition) is 3. The molecular weight excluding hydrogens is 795 g/mol. The molecule has 3 atom stereocenters. The van der Waals surface area contributed by atoms with Gasteiger partial charge in [0.05, 0.1) is 13.2 Å². The van der Waals surface area contributed by atoms with Gasteiger partial charge in [0, 0.05) is 0 Å². The first kappa shape index (κ1) is 42.6. The minimum Gasteiger partial charge on any atom is -0.465 e. The molecule has 1 fully saturated rings. The Bertz CT molecular complexity index is 1670. The van der Waals surface area contributed by atoms with Crippen LogP contribution >= 0.6 is 32.6 Å². The van der Waals surface area contributed by atoms with Crippen molar-refractivity contribution in [3.8, 4) is 0 Å². The minimum absolute atomic E-state index is 0.0167. The van der Waals surface area contributed by atoms with E-state index < -0.39 is 52.9 Å². The molecular formula is C39H48BrN4O8PS. The van der Waals surface area contributed by atoms with Crippen LogP contribution in [0, 0.1) is 0 Å². The zero-order chi connectivity index (χ0) is 39.2. The molecule has 0 aliphatic carbocycles. The summed E-state index contributed by atoms with van der Waals surface area (Å²) in [6.07, 6.45) is 0.898. The molecule has 0 spiro atoms. The molecule has 1 heterocycles. The van der Waals surface area contributed by atoms with Gasteiger partial charge in [0.25, 0.3) is 0 Å². The minimum atomic E-state index is -3.28. The molecule has 0 aromatic heterocycles. The molecule has 1 saturated heterocycles. The van der Waals surface area contributed by atoms with Crippen molar-refractivity contribution in [2.24, 2.45) is 5.73 Å². The van der Waals surface area contributed by atoms with Crippen molar-refractivity contribution in [2.45, 2.75) is 56.9 Å². The number of ether oxygens (including phenoxy) is 2. The van der Waals surface area contributed by atoms with Gasteiger partial charge in [-0.1, -0.05) is 0 Å². The summed E-state index contributed by atoms with van der Waals surface area (Å²) in [4.78, 5) is 78.1. The number of esters is 2. The van der Waals surface area contributed by atoms with E-state index in [1.165, 1.54) is 4.90 Å². The average Bonchev–Trinajstić information content (AvgIpc) is 3.46. The van der Waals surface area contributed by atoms with E-state index >= 15 is 0 Å². The number of carbonyl (C=O) groups is 6. The zero-order valence-corrected chi connectivity index (χ0v) is 33.8. The van der Waals surface area contributed by atoms with Crippen LogP contribution in [0.5, 0.6) is 0 Å². The van der Waals surface area contributed by atoms with E-state index in [9.17, 15) is 28.8 Å². The predicted molar refractivity (Wildman–Crippen MR) is 217 cm³/mol. The SMILES string of the molecule is CCOC(=O)CNC(=O)[C@H](CSC1CC(=O)N(CCCP(Br)(c2ccccc2)(c2ccccc2)c2ccccc2)C1=O)NC(=O)CC[C@H](N)C(=O)OCC. The number of thioether (sulfide) groups is 1. The van der Waals surface area contributed by atoms with Gasteiger partial charge in [-0.05, 0) is 20.3 Å². The van der Waals surface area contributed by atoms with Gasteiger partial charge in [0.15, 0.2) is 0 Å². The second-order valence-electron chi connectivity index (χ2n) is 12.7. The molecule has 4 amide bonds. The Morgan fingerprint density at radius 2 is 1.43 bits per heavy atom. The molecule has 3 aromatic rings. The number of amides is 4. The van der Waals surface area contributed by atoms with Crippen LogP contribution in [0.1, 0.15) is 39.5 Å². The van der Waals surface area contributed by atoms with Crippen LogP contribution in [0.15, 0.2) is 91.0 Å². The number of halogens is 1. The molecule has 1 aliphatic rings. The van der Waals surface area contributed by atoms with Crippen LogP contribution in [-0.4, -0.2) is 96.0 Å². The van der Waals surface area contributed by atoms with Crippen molar-refractivity contribution >= 4 is 84.0 Å². The van der Waals surface area contributed by atoms with Crippen molar-refractivity contribution in [3.63, 3.8) is 0 Å². The third-order valence-corrected chi connectivity index (χ3v) is 20.5. The fourth-order valence-electron chi connectivity index (χ4n) is 6.40. The predicted octanol–water partition coefficient (Wildman–Crippen LogP) is 2.91. The van der Waals surface area contributed by atoms with Gasteiger partial charge < -0.3 is 15.2 Å². The molecule has 290 valence electrons. The van der Waals surface area contributed by atoms with Crippen LogP contribution in [0.2, 0.25) is 0 Å². The molecule has 0 saturated carbocycles. The first-order chi connectivity index (χ1) is 25.9. The normalized spacial score (nSPS) is 16.1. The number of nitrogens with zero attached hydrogens (tertiary/aromatic N) is 1. The third kappa shape index (κ3) is 10.3. The molecule has 0 radical (unpaired) electrons. The van der Waals surface area contributed by atoms with E-state index in [-0.39, 0.29) is 56.6 Å². The van der Waals surface area contributed by atoms with Gasteiger partial charge in [-0.15, -0.1) is 0 Å². The second-order valence-corrected chi connectivity index (χ2v) is 23.0. The van der Waals surface area contributed by atoms with Crippen molar-refractivity contribution in [2.75, 3.05) is 38.2 Å². The summed E-state index contributed by atoms with van der Waals surface area (Å²) in [7, 11) is 0. The standard InChI is InChI=1S/C39H48BrN4O8PS/c1-3-51-36(47)26-42-37(48)32(43-34(45)22-21-31(41)39(50)52-4-2)27-54-33-25-35(46)44(38(33)49)23-14-24-53(40,28-15-8-5-9-16-28,29-17-10-6-11-18-29)30-19-12-7-13-20-30/h5-13,15-20,31-33H,3-4,14,21-27,41H2,1-2H3,(H,42,48)(H,43,45)/t31-,32-,33?/m0/s1. The van der Waals surface area contributed by atoms with Gasteiger partial charge in [-0.2, -0.15) is 0 Å². The molecule has 3 aromatic carbocycles. The third-order valence-electron chi connectivity index (χ3n) is 9.15. The Labute approximate surface area is 328 Å². The Kier molecular flexibility index (Phi) is 15.8. The summed E-state index contributed by atoms with van der Waals surface area (Å²) in [5, 5.41) is 4.42. The van der Waals surface area contributed by atoms with Crippen LogP contribution < -0.4 is 32.3 Å². The summed E-state index contributed by atoms with van der Waals surface area (Å²) in [6.45, 7) is 3.34. The number of nitrogens with two attached hydrogens (primary N) is 1. The van der Waals surface area contributed by atoms with E-state index in [1.807, 2.05) is 54.6 Å². The summed E-state index contributed by atoms with van der Waals surface area (Å²) in [5.41, 5.74) is 5.82. The summed E-state index contributed by atoms with van der Waals surface area (Å²) >= 11 is 5.50. The Morgan fingerprint density at radius 1 is 0.889 bits per heavy atom. The maximum absolute atomic E-state index is 13.7. The zero-order valence-electron chi connectivity index (χ0n) is 30.5. The topological polar surface area (TPSA) is 174 Å². The average molecular weight is 844 g/mol. The maximum atomic E-state index is 13.7. The molecule has 1 aliphatic heterocycles. The van der Waals surface area contributed by atoms with Crippen molar-refractivity contribution in [1.29, 1.82) is 0 Å². The van der Waals surface area contributed by atoms with Gasteiger partial charge in [-0.3, -0.25) is 9.59 Å². The fourth-order valence-corrected chi connectivity index (χ4v) is 15.3. The summed E-state index contributed by atoms with van der Waals surface area (Å²) in [5.74, 6) is -3.26. The fraction of sp³-hybridized carbons (Fsp3) is 0.385. The van der Waals surface area contributed by atoms with Gasteiger partial charge in [-0.25, -0.2) is 0 Å². The van der Waals surface area contributed by atoms with Gasteiger partial charge in [0.2, 0.25) is 0 Å². The van der Waals surface area contributed by atoms with Crippen LogP contribution in [0.25, 0.3) is 0 Å². The monoisotopic (exact) mass is 842 g/mol. The van der Waals surface area contributed by atoms with E-state index in [0.717, 1.165) is 27.7 Å². The summed E-state index contributed by atoms with van der Waals surface area (Å²) < 4.78 is 9.77. The molecule has 0 bridgehead atoms. The number of likely N-dealkylation sites (tertiary alicyclic amines) is 1. The molecule has 54 heavy (non-hydrogen) atoms. The number of benzene rings is 3. The Morgan fingerprint density at radius 3 is 1.94 bits per heavy atom. The van der Waals surface area contributed by atoms with Crippen molar-refractivity contribution < 1.29 is 38.2 Å². The van der Waals surface area contributed by atoms with E-state index in [4.69, 9.17) is 15.2 Å². The molecule has 1 unspecified atom stereocenters. The Balaban J connectivity index is 1.47. The molecule has 12 nitrogen and oxygen atoms in total. The van der Waals surface area contributed by atoms with Crippen LogP contribution in [0.4, 0.5) is 0 Å². The van der Waals surface area contributed by atoms with Crippen molar-refractivity contribution in [3.05, 3.63) is 91.0 Å². The van der Waals surface area contributed by atoms with Crippen LogP contribution in [0.3, 0.4) is 0 Å². The second kappa shape index (κ2) is 20.0. The number of hydrogen-bond acceptors (Lipinski definition) is 10. The molecule has 15 heteroatoms. The van der Waals surface area contributed by atoms with Gasteiger partial charge in [0.1, 0.15) is 6.04 Å². The number of imide groups is 1. The Hall–Kier alpha value is -4.10. The van der Waals surface area contributed by atoms with E-state index in [1.54, 1.807) is 13.8 Å². The van der Waals surface area contributed by atoms with Crippen molar-refractivity contribution in [1.82, 2.24) is 15.5 Å². The number of carbonyl (C=O) groups excluding carboxylic acids is 6. The van der Waals surface area contributed by atoms with Crippen LogP contribution in [-0.2, 0) is 38.2 Å². The quantitative estimate of drug-likeness (QED) is 0.0873. The number of nitrogens with one attached hydrogen (secondary N) is 2. The molecule has 4 rings (SSSR count). The number of rotatable bonds is 20. The summed E-state index contributed by atoms with van der Waals surface area (Å²) in [6, 6.07) is 28.6.